The summed E-state index contributed by atoms with van der Waals surface area (Å²) in [6.07, 6.45) is 0.894. The second-order valence-corrected chi connectivity index (χ2v) is 6.26. The summed E-state index contributed by atoms with van der Waals surface area (Å²) in [5, 5.41) is 19.4. The van der Waals surface area contributed by atoms with E-state index in [1.54, 1.807) is 40.6 Å². The molecule has 0 fully saturated rings. The van der Waals surface area contributed by atoms with E-state index in [9.17, 15) is 10.5 Å². The zero-order valence-electron chi connectivity index (χ0n) is 16.6. The zero-order chi connectivity index (χ0) is 20.5. The van der Waals surface area contributed by atoms with Crippen molar-refractivity contribution in [3.8, 4) is 35.1 Å². The van der Waals surface area contributed by atoms with Crippen molar-refractivity contribution in [2.45, 2.75) is 12.8 Å². The summed E-state index contributed by atoms with van der Waals surface area (Å²) in [7, 11) is 6.28. The fourth-order valence-corrected chi connectivity index (χ4v) is 3.08. The van der Waals surface area contributed by atoms with E-state index in [0.717, 1.165) is 11.1 Å². The monoisotopic (exact) mass is 380 g/mol. The molecule has 0 saturated heterocycles. The summed E-state index contributed by atoms with van der Waals surface area (Å²) in [5.41, 5.74) is 1.83. The Morgan fingerprint density at radius 1 is 0.643 bits per heavy atom. The van der Waals surface area contributed by atoms with Crippen LogP contribution in [0.1, 0.15) is 11.1 Å². The second-order valence-electron chi connectivity index (χ2n) is 6.26. The number of hydrogen-bond donors (Lipinski definition) is 0. The van der Waals surface area contributed by atoms with E-state index < -0.39 is 11.8 Å². The molecule has 0 aromatic heterocycles. The van der Waals surface area contributed by atoms with Crippen LogP contribution in [0.4, 0.5) is 0 Å². The van der Waals surface area contributed by atoms with E-state index in [2.05, 4.69) is 12.1 Å². The highest BCUT2D eigenvalue weighted by atomic mass is 16.5. The van der Waals surface area contributed by atoms with Gasteiger partial charge in [-0.05, 0) is 48.2 Å². The molecule has 2 aromatic rings. The number of nitriles is 2. The molecule has 2 aromatic carbocycles. The first-order valence-electron chi connectivity index (χ1n) is 8.81. The summed E-state index contributed by atoms with van der Waals surface area (Å²) < 4.78 is 21.1. The van der Waals surface area contributed by atoms with Crippen LogP contribution in [0.25, 0.3) is 0 Å². The lowest BCUT2D eigenvalue weighted by atomic mass is 9.84. The first-order valence-corrected chi connectivity index (χ1v) is 8.81. The quantitative estimate of drug-likeness (QED) is 0.658. The van der Waals surface area contributed by atoms with E-state index in [-0.39, 0.29) is 0 Å². The van der Waals surface area contributed by atoms with Crippen molar-refractivity contribution in [3.05, 3.63) is 47.5 Å². The third-order valence-electron chi connectivity index (χ3n) is 4.62. The maximum Gasteiger partial charge on any atom is 0.160 e. The summed E-state index contributed by atoms with van der Waals surface area (Å²) in [4.78, 5) is 0. The van der Waals surface area contributed by atoms with Gasteiger partial charge in [-0.1, -0.05) is 12.1 Å². The minimum absolute atomic E-state index is 0.447. The van der Waals surface area contributed by atoms with Crippen LogP contribution in [0.5, 0.6) is 23.0 Å². The van der Waals surface area contributed by atoms with Gasteiger partial charge in [-0.15, -0.1) is 0 Å². The smallest absolute Gasteiger partial charge is 0.160 e. The number of nitrogens with zero attached hydrogens (tertiary/aromatic N) is 2. The van der Waals surface area contributed by atoms with Gasteiger partial charge in [0.2, 0.25) is 0 Å². The zero-order valence-corrected chi connectivity index (χ0v) is 16.6. The third-order valence-corrected chi connectivity index (χ3v) is 4.62. The Balaban J connectivity index is 2.20. The number of hydrogen-bond acceptors (Lipinski definition) is 6. The van der Waals surface area contributed by atoms with Gasteiger partial charge in [0.1, 0.15) is 0 Å². The summed E-state index contributed by atoms with van der Waals surface area (Å²) in [5.74, 6) is 1.53. The van der Waals surface area contributed by atoms with Crippen molar-refractivity contribution < 1.29 is 18.9 Å². The molecule has 6 nitrogen and oxygen atoms in total. The molecule has 146 valence electrons. The van der Waals surface area contributed by atoms with Crippen LogP contribution in [0.2, 0.25) is 0 Å². The standard InChI is InChI=1S/C22H24N2O4/c1-25-19-7-5-15(11-21(19)27-3)9-17(13-23)18(14-24)10-16-6-8-20(26-2)22(12-16)28-4/h5-8,11-12,17-18H,9-10H2,1-4H3/t17-,18+. The van der Waals surface area contributed by atoms with E-state index >= 15 is 0 Å². The molecule has 0 bridgehead atoms. The van der Waals surface area contributed by atoms with E-state index in [1.165, 1.54) is 0 Å². The largest absolute Gasteiger partial charge is 0.493 e. The lowest BCUT2D eigenvalue weighted by Crippen LogP contribution is -2.17. The fraction of sp³-hybridized carbons (Fsp3) is 0.364. The lowest BCUT2D eigenvalue weighted by Gasteiger charge is -2.17. The summed E-state index contributed by atoms with van der Waals surface area (Å²) in [6.45, 7) is 0. The average Bonchev–Trinajstić information content (AvgIpc) is 2.75. The van der Waals surface area contributed by atoms with Crippen molar-refractivity contribution in [2.75, 3.05) is 28.4 Å². The maximum atomic E-state index is 9.68. The molecule has 0 radical (unpaired) electrons. The van der Waals surface area contributed by atoms with Gasteiger partial charge in [-0.3, -0.25) is 0 Å². The van der Waals surface area contributed by atoms with E-state index in [1.807, 2.05) is 24.3 Å². The number of ether oxygens (including phenoxy) is 4. The highest BCUT2D eigenvalue weighted by molar-refractivity contribution is 5.44. The molecule has 0 aliphatic heterocycles. The Kier molecular flexibility index (Phi) is 7.54. The number of rotatable bonds is 9. The Morgan fingerprint density at radius 3 is 1.29 bits per heavy atom. The van der Waals surface area contributed by atoms with Gasteiger partial charge in [0, 0.05) is 0 Å². The van der Waals surface area contributed by atoms with Crippen LogP contribution in [0.15, 0.2) is 36.4 Å². The first kappa shape index (κ1) is 20.9. The van der Waals surface area contributed by atoms with E-state index in [4.69, 9.17) is 18.9 Å². The predicted octanol–water partition coefficient (Wildman–Crippen LogP) is 3.79. The lowest BCUT2D eigenvalue weighted by molar-refractivity contribution is 0.353. The SMILES string of the molecule is COc1ccc(C[C@@H](C#N)[C@@H](C#N)Cc2ccc(OC)c(OC)c2)cc1OC. The molecule has 6 heteroatoms. The van der Waals surface area contributed by atoms with Gasteiger partial charge >= 0.3 is 0 Å². The van der Waals surface area contributed by atoms with Gasteiger partial charge in [-0.2, -0.15) is 10.5 Å². The molecule has 0 spiro atoms. The molecular weight excluding hydrogens is 356 g/mol. The molecule has 0 N–H and O–H groups in total. The van der Waals surface area contributed by atoms with Crippen LogP contribution in [-0.2, 0) is 12.8 Å². The second kappa shape index (κ2) is 10.1. The summed E-state index contributed by atoms with van der Waals surface area (Å²) >= 11 is 0. The minimum Gasteiger partial charge on any atom is -0.493 e. The van der Waals surface area contributed by atoms with Gasteiger partial charge in [-0.25, -0.2) is 0 Å². The normalized spacial score (nSPS) is 12.2. The van der Waals surface area contributed by atoms with Crippen LogP contribution in [0, 0.1) is 34.5 Å². The topological polar surface area (TPSA) is 84.5 Å². The van der Waals surface area contributed by atoms with Crippen LogP contribution in [-0.4, -0.2) is 28.4 Å². The molecule has 0 heterocycles. The van der Waals surface area contributed by atoms with Gasteiger partial charge in [0.15, 0.2) is 23.0 Å². The molecule has 0 saturated carbocycles. The molecule has 28 heavy (non-hydrogen) atoms. The Labute approximate surface area is 165 Å². The molecule has 0 amide bonds. The highest BCUT2D eigenvalue weighted by Crippen LogP contribution is 2.32. The molecule has 0 aliphatic carbocycles. The maximum absolute atomic E-state index is 9.68. The first-order chi connectivity index (χ1) is 13.6. The number of methoxy groups -OCH3 is 4. The molecule has 2 rings (SSSR count). The van der Waals surface area contributed by atoms with Crippen molar-refractivity contribution >= 4 is 0 Å². The van der Waals surface area contributed by atoms with Crippen molar-refractivity contribution in [3.63, 3.8) is 0 Å². The van der Waals surface area contributed by atoms with Crippen molar-refractivity contribution in [1.29, 1.82) is 10.5 Å². The fourth-order valence-electron chi connectivity index (χ4n) is 3.08. The number of benzene rings is 2. The van der Waals surface area contributed by atoms with Gasteiger partial charge < -0.3 is 18.9 Å². The van der Waals surface area contributed by atoms with Crippen LogP contribution >= 0.6 is 0 Å². The highest BCUT2D eigenvalue weighted by Gasteiger charge is 2.23. The molecule has 2 atom stereocenters. The van der Waals surface area contributed by atoms with E-state index in [0.29, 0.717) is 35.8 Å². The molecular formula is C22H24N2O4. The van der Waals surface area contributed by atoms with Crippen molar-refractivity contribution in [1.82, 2.24) is 0 Å². The van der Waals surface area contributed by atoms with Crippen molar-refractivity contribution in [2.24, 2.45) is 11.8 Å². The Bertz CT molecular complexity index is 810. The minimum atomic E-state index is -0.462. The van der Waals surface area contributed by atoms with Crippen LogP contribution < -0.4 is 18.9 Å². The van der Waals surface area contributed by atoms with Crippen LogP contribution in [0.3, 0.4) is 0 Å². The third kappa shape index (κ3) is 4.86. The molecule has 0 unspecified atom stereocenters. The van der Waals surface area contributed by atoms with Gasteiger partial charge in [0.25, 0.3) is 0 Å². The summed E-state index contributed by atoms with van der Waals surface area (Å²) in [6, 6.07) is 15.6. The predicted molar refractivity (Wildman–Crippen MR) is 105 cm³/mol. The average molecular weight is 380 g/mol. The van der Waals surface area contributed by atoms with Gasteiger partial charge in [0.05, 0.1) is 52.4 Å². The Hall–Kier alpha value is -3.38. The Morgan fingerprint density at radius 2 is 1.00 bits per heavy atom. The molecule has 0 aliphatic rings.